The zero-order valence-corrected chi connectivity index (χ0v) is 16.3. The predicted molar refractivity (Wildman–Crippen MR) is 103 cm³/mol. The van der Waals surface area contributed by atoms with Gasteiger partial charge in [-0.25, -0.2) is 8.42 Å². The molecule has 1 atom stereocenters. The number of fused-ring (bicyclic) bond motifs is 1. The van der Waals surface area contributed by atoms with Gasteiger partial charge in [-0.2, -0.15) is 4.31 Å². The number of para-hydroxylation sites is 1. The summed E-state index contributed by atoms with van der Waals surface area (Å²) in [6.45, 7) is 4.81. The average Bonchev–Trinajstić information content (AvgIpc) is 3.11. The predicted octanol–water partition coefficient (Wildman–Crippen LogP) is 2.34. The van der Waals surface area contributed by atoms with Gasteiger partial charge in [-0.15, -0.1) is 0 Å². The normalized spacial score (nSPS) is 16.0. The molecule has 3 rings (SSSR count). The molecule has 1 amide bonds. The van der Waals surface area contributed by atoms with Crippen LogP contribution in [0.2, 0.25) is 0 Å². The molecule has 1 aliphatic rings. The molecular weight excluding hydrogens is 364 g/mol. The van der Waals surface area contributed by atoms with Gasteiger partial charge in [-0.05, 0) is 29.3 Å². The van der Waals surface area contributed by atoms with Crippen molar-refractivity contribution in [2.75, 3.05) is 13.1 Å². The van der Waals surface area contributed by atoms with E-state index in [9.17, 15) is 13.2 Å². The fraction of sp³-hybridized carbons (Fsp3) is 0.350. The molecule has 2 aromatic rings. The zero-order valence-electron chi connectivity index (χ0n) is 15.5. The van der Waals surface area contributed by atoms with Gasteiger partial charge >= 0.3 is 0 Å². The van der Waals surface area contributed by atoms with Crippen LogP contribution in [-0.4, -0.2) is 37.8 Å². The second-order valence-electron chi connectivity index (χ2n) is 6.37. The summed E-state index contributed by atoms with van der Waals surface area (Å²) < 4.78 is 32.1. The minimum atomic E-state index is -3.47. The molecule has 0 aliphatic carbocycles. The lowest BCUT2D eigenvalue weighted by atomic mass is 10.1. The van der Waals surface area contributed by atoms with E-state index in [0.717, 1.165) is 16.9 Å². The van der Waals surface area contributed by atoms with Gasteiger partial charge in [0.25, 0.3) is 5.91 Å². The van der Waals surface area contributed by atoms with E-state index >= 15 is 0 Å². The summed E-state index contributed by atoms with van der Waals surface area (Å²) in [6, 6.07) is 14.2. The first-order valence-electron chi connectivity index (χ1n) is 9.07. The number of ether oxygens (including phenoxy) is 1. The van der Waals surface area contributed by atoms with Crippen LogP contribution in [0.25, 0.3) is 0 Å². The van der Waals surface area contributed by atoms with Crippen LogP contribution in [0.3, 0.4) is 0 Å². The number of hydrogen-bond acceptors (Lipinski definition) is 4. The summed E-state index contributed by atoms with van der Waals surface area (Å²) in [4.78, 5) is 12.6. The number of amides is 1. The van der Waals surface area contributed by atoms with Crippen molar-refractivity contribution in [3.8, 4) is 5.75 Å². The van der Waals surface area contributed by atoms with Crippen LogP contribution in [0.15, 0.2) is 53.4 Å². The maximum atomic E-state index is 12.5. The number of benzene rings is 2. The van der Waals surface area contributed by atoms with Crippen LogP contribution in [0.1, 0.15) is 25.0 Å². The number of nitrogens with zero attached hydrogens (tertiary/aromatic N) is 1. The van der Waals surface area contributed by atoms with Crippen molar-refractivity contribution in [3.05, 3.63) is 59.7 Å². The molecule has 0 saturated heterocycles. The van der Waals surface area contributed by atoms with Gasteiger partial charge in [0.2, 0.25) is 10.0 Å². The highest BCUT2D eigenvalue weighted by atomic mass is 32.2. The molecule has 1 aliphatic heterocycles. The fourth-order valence-electron chi connectivity index (χ4n) is 3.12. The molecule has 2 aromatic carbocycles. The third kappa shape index (κ3) is 4.14. The lowest BCUT2D eigenvalue weighted by molar-refractivity contribution is -0.127. The Labute approximate surface area is 160 Å². The van der Waals surface area contributed by atoms with E-state index in [-0.39, 0.29) is 10.8 Å². The smallest absolute Gasteiger partial charge is 0.261 e. The lowest BCUT2D eigenvalue weighted by Gasteiger charge is -2.18. The Bertz CT molecular complexity index is 881. The van der Waals surface area contributed by atoms with Crippen molar-refractivity contribution >= 4 is 15.9 Å². The van der Waals surface area contributed by atoms with Crippen molar-refractivity contribution in [1.29, 1.82) is 0 Å². The van der Waals surface area contributed by atoms with E-state index in [1.54, 1.807) is 24.3 Å². The maximum Gasteiger partial charge on any atom is 0.261 e. The number of nitrogens with one attached hydrogen (secondary N) is 1. The van der Waals surface area contributed by atoms with Crippen molar-refractivity contribution in [3.63, 3.8) is 0 Å². The van der Waals surface area contributed by atoms with Crippen molar-refractivity contribution in [2.24, 2.45) is 0 Å². The Hall–Kier alpha value is -2.38. The van der Waals surface area contributed by atoms with Crippen LogP contribution >= 0.6 is 0 Å². The standard InChI is InChI=1S/C20H24N2O4S/c1-3-22(4-2)27(24,25)17-11-9-15(10-12-17)14-21-20(23)19-13-16-7-5-6-8-18(16)26-19/h5-12,19H,3-4,13-14H2,1-2H3,(H,21,23). The van der Waals surface area contributed by atoms with Gasteiger partial charge in [-0.1, -0.05) is 44.2 Å². The minimum absolute atomic E-state index is 0.175. The molecule has 1 N–H and O–H groups in total. The minimum Gasteiger partial charge on any atom is -0.480 e. The number of hydrogen-bond donors (Lipinski definition) is 1. The lowest BCUT2D eigenvalue weighted by Crippen LogP contribution is -2.37. The highest BCUT2D eigenvalue weighted by Crippen LogP contribution is 2.28. The molecule has 1 heterocycles. The van der Waals surface area contributed by atoms with Crippen molar-refractivity contribution < 1.29 is 17.9 Å². The van der Waals surface area contributed by atoms with Gasteiger partial charge in [0.1, 0.15) is 5.75 Å². The molecule has 0 bridgehead atoms. The fourth-order valence-corrected chi connectivity index (χ4v) is 4.58. The number of carbonyl (C=O) groups is 1. The summed E-state index contributed by atoms with van der Waals surface area (Å²) in [7, 11) is -3.47. The molecule has 0 saturated carbocycles. The monoisotopic (exact) mass is 388 g/mol. The van der Waals surface area contributed by atoms with Crippen molar-refractivity contribution in [2.45, 2.75) is 37.8 Å². The molecule has 0 radical (unpaired) electrons. The molecule has 0 fully saturated rings. The quantitative estimate of drug-likeness (QED) is 0.790. The Morgan fingerprint density at radius 1 is 1.11 bits per heavy atom. The summed E-state index contributed by atoms with van der Waals surface area (Å²) >= 11 is 0. The van der Waals surface area contributed by atoms with E-state index in [0.29, 0.717) is 26.1 Å². The van der Waals surface area contributed by atoms with Crippen LogP contribution in [0.5, 0.6) is 5.75 Å². The van der Waals surface area contributed by atoms with Crippen LogP contribution in [0, 0.1) is 0 Å². The topological polar surface area (TPSA) is 75.7 Å². The summed E-state index contributed by atoms with van der Waals surface area (Å²) in [6.07, 6.45) is 0.0352. The van der Waals surface area contributed by atoms with Crippen LogP contribution in [-0.2, 0) is 27.8 Å². The number of rotatable bonds is 7. The van der Waals surface area contributed by atoms with Gasteiger partial charge in [0.15, 0.2) is 6.10 Å². The third-order valence-electron chi connectivity index (χ3n) is 4.67. The van der Waals surface area contributed by atoms with E-state index in [1.807, 2.05) is 38.1 Å². The molecule has 27 heavy (non-hydrogen) atoms. The van der Waals surface area contributed by atoms with Crippen molar-refractivity contribution in [1.82, 2.24) is 9.62 Å². The summed E-state index contributed by atoms with van der Waals surface area (Å²) in [5.74, 6) is 0.578. The molecular formula is C20H24N2O4S. The zero-order chi connectivity index (χ0) is 19.4. The molecule has 0 aromatic heterocycles. The molecule has 0 spiro atoms. The first-order valence-corrected chi connectivity index (χ1v) is 10.5. The van der Waals surface area contributed by atoms with E-state index in [2.05, 4.69) is 5.32 Å². The average molecular weight is 388 g/mol. The Kier molecular flexibility index (Phi) is 5.82. The highest BCUT2D eigenvalue weighted by Gasteiger charge is 2.28. The largest absolute Gasteiger partial charge is 0.480 e. The van der Waals surface area contributed by atoms with E-state index in [1.165, 1.54) is 4.31 Å². The number of sulfonamides is 1. The Morgan fingerprint density at radius 2 is 1.78 bits per heavy atom. The first-order chi connectivity index (χ1) is 13.0. The summed E-state index contributed by atoms with van der Waals surface area (Å²) in [5, 5.41) is 2.86. The number of carbonyl (C=O) groups excluding carboxylic acids is 1. The van der Waals surface area contributed by atoms with Gasteiger partial charge in [0.05, 0.1) is 4.90 Å². The Balaban J connectivity index is 1.59. The highest BCUT2D eigenvalue weighted by molar-refractivity contribution is 7.89. The molecule has 1 unspecified atom stereocenters. The molecule has 7 heteroatoms. The van der Waals surface area contributed by atoms with Gasteiger partial charge in [-0.3, -0.25) is 4.79 Å². The summed E-state index contributed by atoms with van der Waals surface area (Å²) in [5.41, 5.74) is 1.86. The van der Waals surface area contributed by atoms with E-state index < -0.39 is 16.1 Å². The van der Waals surface area contributed by atoms with Crippen LogP contribution in [0.4, 0.5) is 0 Å². The maximum absolute atomic E-state index is 12.5. The second-order valence-corrected chi connectivity index (χ2v) is 8.31. The van der Waals surface area contributed by atoms with Crippen LogP contribution < -0.4 is 10.1 Å². The Morgan fingerprint density at radius 3 is 2.41 bits per heavy atom. The SMILES string of the molecule is CCN(CC)S(=O)(=O)c1ccc(CNC(=O)C2Cc3ccccc3O2)cc1. The van der Waals surface area contributed by atoms with Gasteiger partial charge < -0.3 is 10.1 Å². The van der Waals surface area contributed by atoms with Gasteiger partial charge in [0, 0.05) is 26.1 Å². The third-order valence-corrected chi connectivity index (χ3v) is 6.74. The van der Waals surface area contributed by atoms with E-state index in [4.69, 9.17) is 4.74 Å². The molecule has 6 nitrogen and oxygen atoms in total. The molecule has 144 valence electrons. The first kappa shape index (κ1) is 19.4. The second kappa shape index (κ2) is 8.10.